The van der Waals surface area contributed by atoms with Gasteiger partial charge < -0.3 is 5.32 Å². The normalized spacial score (nSPS) is 22.4. The summed E-state index contributed by atoms with van der Waals surface area (Å²) in [5.74, 6) is 1.73. The van der Waals surface area contributed by atoms with Crippen molar-refractivity contribution in [1.82, 2.24) is 10.2 Å². The van der Waals surface area contributed by atoms with E-state index in [1.165, 1.54) is 6.42 Å². The molecule has 0 bridgehead atoms. The van der Waals surface area contributed by atoms with Crippen molar-refractivity contribution in [2.45, 2.75) is 26.3 Å². The predicted octanol–water partition coefficient (Wildman–Crippen LogP) is 0.439. The van der Waals surface area contributed by atoms with Crippen molar-refractivity contribution in [1.29, 1.82) is 0 Å². The Bertz CT molecular complexity index is 177. The maximum absolute atomic E-state index is 11.2. The van der Waals surface area contributed by atoms with Crippen LogP contribution in [0, 0.1) is 0 Å². The van der Waals surface area contributed by atoms with E-state index in [4.69, 9.17) is 0 Å². The van der Waals surface area contributed by atoms with Gasteiger partial charge in [0.1, 0.15) is 0 Å². The molecule has 1 fully saturated rings. The largest absolute Gasteiger partial charge is 0.317 e. The van der Waals surface area contributed by atoms with E-state index < -0.39 is 10.8 Å². The van der Waals surface area contributed by atoms with Gasteiger partial charge in [-0.2, -0.15) is 0 Å². The number of rotatable bonds is 5. The highest BCUT2D eigenvalue weighted by Crippen LogP contribution is 2.07. The molecule has 1 heterocycles. The van der Waals surface area contributed by atoms with Crippen LogP contribution in [0.15, 0.2) is 0 Å². The quantitative estimate of drug-likeness (QED) is 0.680. The minimum Gasteiger partial charge on any atom is -0.317 e. The van der Waals surface area contributed by atoms with E-state index in [1.807, 2.05) is 0 Å². The summed E-state index contributed by atoms with van der Waals surface area (Å²) >= 11 is 0. The Hall–Kier alpha value is 0.0700. The van der Waals surface area contributed by atoms with E-state index in [-0.39, 0.29) is 0 Å². The van der Waals surface area contributed by atoms with Crippen LogP contribution >= 0.6 is 0 Å². The monoisotopic (exact) mass is 218 g/mol. The Kier molecular flexibility index (Phi) is 5.67. The van der Waals surface area contributed by atoms with Crippen molar-refractivity contribution in [2.24, 2.45) is 0 Å². The Labute approximate surface area is 89.7 Å². The Morgan fingerprint density at radius 2 is 2.07 bits per heavy atom. The second-order valence-electron chi connectivity index (χ2n) is 3.88. The van der Waals surface area contributed by atoms with E-state index in [2.05, 4.69) is 24.1 Å². The molecular formula is C10H22N2OS. The van der Waals surface area contributed by atoms with Crippen molar-refractivity contribution in [2.75, 3.05) is 37.7 Å². The molecule has 0 aromatic rings. The highest BCUT2D eigenvalue weighted by atomic mass is 32.2. The summed E-state index contributed by atoms with van der Waals surface area (Å²) in [6.45, 7) is 8.58. The van der Waals surface area contributed by atoms with Gasteiger partial charge in [-0.15, -0.1) is 0 Å². The summed E-state index contributed by atoms with van der Waals surface area (Å²) in [6, 6.07) is 0.631. The van der Waals surface area contributed by atoms with Gasteiger partial charge >= 0.3 is 0 Å². The lowest BCUT2D eigenvalue weighted by molar-refractivity contribution is 0.217. The summed E-state index contributed by atoms with van der Waals surface area (Å²) in [5.41, 5.74) is 0. The molecule has 14 heavy (non-hydrogen) atoms. The molecule has 3 nitrogen and oxygen atoms in total. The average Bonchev–Trinajstić information content (AvgIpc) is 2.19. The maximum atomic E-state index is 11.2. The fourth-order valence-electron chi connectivity index (χ4n) is 1.76. The molecule has 1 aliphatic heterocycles. The first kappa shape index (κ1) is 12.1. The SMILES string of the molecule is CCNCCC(C)N1CCS(=O)CC1. The molecule has 0 saturated carbocycles. The summed E-state index contributed by atoms with van der Waals surface area (Å²) in [4.78, 5) is 2.46. The zero-order valence-electron chi connectivity index (χ0n) is 9.29. The summed E-state index contributed by atoms with van der Waals surface area (Å²) < 4.78 is 11.2. The molecule has 0 aromatic heterocycles. The Morgan fingerprint density at radius 1 is 1.43 bits per heavy atom. The third-order valence-electron chi connectivity index (χ3n) is 2.82. The minimum atomic E-state index is -0.542. The summed E-state index contributed by atoms with van der Waals surface area (Å²) in [5, 5.41) is 3.34. The van der Waals surface area contributed by atoms with Crippen LogP contribution in [0.3, 0.4) is 0 Å². The van der Waals surface area contributed by atoms with Crippen LogP contribution in [0.5, 0.6) is 0 Å². The molecule has 4 heteroatoms. The molecule has 84 valence electrons. The topological polar surface area (TPSA) is 32.3 Å². The van der Waals surface area contributed by atoms with E-state index in [1.54, 1.807) is 0 Å². The Morgan fingerprint density at radius 3 is 2.64 bits per heavy atom. The smallest absolute Gasteiger partial charge is 0.0363 e. The first-order valence-corrected chi connectivity index (χ1v) is 7.02. The van der Waals surface area contributed by atoms with Crippen LogP contribution in [0.25, 0.3) is 0 Å². The van der Waals surface area contributed by atoms with Crippen LogP contribution in [0.4, 0.5) is 0 Å². The molecule has 0 amide bonds. The molecule has 1 saturated heterocycles. The second kappa shape index (κ2) is 6.53. The van der Waals surface area contributed by atoms with Gasteiger partial charge in [0.25, 0.3) is 0 Å². The predicted molar refractivity (Wildman–Crippen MR) is 62.1 cm³/mol. The van der Waals surface area contributed by atoms with E-state index >= 15 is 0 Å². The lowest BCUT2D eigenvalue weighted by Gasteiger charge is -2.32. The van der Waals surface area contributed by atoms with Gasteiger partial charge in [-0.1, -0.05) is 6.92 Å². The number of hydrogen-bond acceptors (Lipinski definition) is 3. The molecule has 1 atom stereocenters. The number of nitrogens with one attached hydrogen (secondary N) is 1. The molecule has 0 radical (unpaired) electrons. The van der Waals surface area contributed by atoms with Crippen LogP contribution < -0.4 is 5.32 Å². The second-order valence-corrected chi connectivity index (χ2v) is 5.57. The molecule has 1 unspecified atom stereocenters. The fourth-order valence-corrected chi connectivity index (χ4v) is 2.84. The third-order valence-corrected chi connectivity index (χ3v) is 4.10. The molecule has 0 spiro atoms. The molecule has 1 N–H and O–H groups in total. The lowest BCUT2D eigenvalue weighted by atomic mass is 10.2. The van der Waals surface area contributed by atoms with Gasteiger partial charge in [-0.05, 0) is 26.4 Å². The first-order chi connectivity index (χ1) is 6.74. The van der Waals surface area contributed by atoms with Crippen LogP contribution in [-0.4, -0.2) is 52.8 Å². The van der Waals surface area contributed by atoms with Gasteiger partial charge in [0, 0.05) is 41.4 Å². The van der Waals surface area contributed by atoms with Gasteiger partial charge in [-0.25, -0.2) is 0 Å². The van der Waals surface area contributed by atoms with Gasteiger partial charge in [0.05, 0.1) is 0 Å². The van der Waals surface area contributed by atoms with Crippen molar-refractivity contribution in [3.8, 4) is 0 Å². The summed E-state index contributed by atoms with van der Waals surface area (Å²) in [6.07, 6.45) is 1.19. The van der Waals surface area contributed by atoms with Crippen molar-refractivity contribution < 1.29 is 4.21 Å². The van der Waals surface area contributed by atoms with Crippen molar-refractivity contribution in [3.63, 3.8) is 0 Å². The number of hydrogen-bond donors (Lipinski definition) is 1. The average molecular weight is 218 g/mol. The van der Waals surface area contributed by atoms with E-state index in [0.29, 0.717) is 6.04 Å². The van der Waals surface area contributed by atoms with Gasteiger partial charge in [0.2, 0.25) is 0 Å². The zero-order chi connectivity index (χ0) is 10.4. The molecule has 0 aliphatic carbocycles. The molecule has 1 rings (SSSR count). The summed E-state index contributed by atoms with van der Waals surface area (Å²) in [7, 11) is -0.542. The Balaban J connectivity index is 2.16. The molecule has 1 aliphatic rings. The first-order valence-electron chi connectivity index (χ1n) is 5.53. The fraction of sp³-hybridized carbons (Fsp3) is 1.00. The lowest BCUT2D eigenvalue weighted by Crippen LogP contribution is -2.44. The highest BCUT2D eigenvalue weighted by molar-refractivity contribution is 7.85. The van der Waals surface area contributed by atoms with Crippen LogP contribution in [0.1, 0.15) is 20.3 Å². The van der Waals surface area contributed by atoms with E-state index in [9.17, 15) is 4.21 Å². The standard InChI is InChI=1S/C10H22N2OS/c1-3-11-5-4-10(2)12-6-8-14(13)9-7-12/h10-11H,3-9H2,1-2H3. The van der Waals surface area contributed by atoms with E-state index in [0.717, 1.165) is 37.7 Å². The molecular weight excluding hydrogens is 196 g/mol. The van der Waals surface area contributed by atoms with Crippen molar-refractivity contribution >= 4 is 10.8 Å². The zero-order valence-corrected chi connectivity index (χ0v) is 10.1. The molecule has 0 aromatic carbocycles. The van der Waals surface area contributed by atoms with Gasteiger partial charge in [0.15, 0.2) is 0 Å². The highest BCUT2D eigenvalue weighted by Gasteiger charge is 2.19. The minimum absolute atomic E-state index is 0.542. The third kappa shape index (κ3) is 4.07. The van der Waals surface area contributed by atoms with Gasteiger partial charge in [-0.3, -0.25) is 9.11 Å². The number of nitrogens with zero attached hydrogens (tertiary/aromatic N) is 1. The van der Waals surface area contributed by atoms with Crippen LogP contribution in [-0.2, 0) is 10.8 Å². The van der Waals surface area contributed by atoms with Crippen LogP contribution in [0.2, 0.25) is 0 Å². The van der Waals surface area contributed by atoms with Crippen molar-refractivity contribution in [3.05, 3.63) is 0 Å². The maximum Gasteiger partial charge on any atom is 0.0363 e.